The van der Waals surface area contributed by atoms with Crippen LogP contribution in [0.2, 0.25) is 0 Å². The fourth-order valence-electron chi connectivity index (χ4n) is 4.04. The van der Waals surface area contributed by atoms with Crippen LogP contribution in [0.5, 0.6) is 0 Å². The van der Waals surface area contributed by atoms with E-state index in [1.165, 1.54) is 10.6 Å². The number of para-hydroxylation sites is 1. The number of carbonyl (C=O) groups excluding carboxylic acids is 1. The number of hydrogen-bond donors (Lipinski definition) is 3. The highest BCUT2D eigenvalue weighted by Crippen LogP contribution is 2.27. The Morgan fingerprint density at radius 2 is 1.63 bits per heavy atom. The highest BCUT2D eigenvalue weighted by molar-refractivity contribution is 6.04. The van der Waals surface area contributed by atoms with Gasteiger partial charge in [0.2, 0.25) is 0 Å². The predicted molar refractivity (Wildman–Crippen MR) is 149 cm³/mol. The molecule has 38 heavy (non-hydrogen) atoms. The van der Waals surface area contributed by atoms with Gasteiger partial charge < -0.3 is 20.3 Å². The molecule has 0 aliphatic heterocycles. The Labute approximate surface area is 221 Å². The smallest absolute Gasteiger partial charge is 0.337 e. The number of rotatable bonds is 6. The lowest BCUT2D eigenvalue weighted by atomic mass is 9.87. The Balaban J connectivity index is 1.65. The molecule has 1 heterocycles. The molecule has 0 unspecified atom stereocenters. The Kier molecular flexibility index (Phi) is 7.17. The fourth-order valence-corrected chi connectivity index (χ4v) is 4.04. The largest absolute Gasteiger partial charge is 0.478 e. The van der Waals surface area contributed by atoms with E-state index in [1.807, 2.05) is 30.3 Å². The normalized spacial score (nSPS) is 11.2. The van der Waals surface area contributed by atoms with E-state index in [9.17, 15) is 19.5 Å². The van der Waals surface area contributed by atoms with E-state index in [2.05, 4.69) is 36.4 Å². The number of amides is 1. The molecule has 0 aliphatic carbocycles. The Hall–Kier alpha value is -4.72. The summed E-state index contributed by atoms with van der Waals surface area (Å²) in [6.45, 7) is 8.14. The van der Waals surface area contributed by atoms with E-state index in [1.54, 1.807) is 50.4 Å². The van der Waals surface area contributed by atoms with Crippen molar-refractivity contribution in [1.82, 2.24) is 9.55 Å². The second-order valence-electron chi connectivity index (χ2n) is 10.1. The number of hydrogen-bond acceptors (Lipinski definition) is 5. The Bertz CT molecular complexity index is 1580. The number of aromatic nitrogens is 2. The maximum atomic E-state index is 12.9. The zero-order valence-electron chi connectivity index (χ0n) is 22.0. The third kappa shape index (κ3) is 5.49. The first kappa shape index (κ1) is 26.3. The molecular formula is C30H30N4O4. The van der Waals surface area contributed by atoms with Gasteiger partial charge in [-0.2, -0.15) is 0 Å². The molecule has 0 bridgehead atoms. The second-order valence-corrected chi connectivity index (χ2v) is 10.1. The van der Waals surface area contributed by atoms with Crippen LogP contribution in [0, 0.1) is 6.92 Å². The molecule has 194 valence electrons. The first-order chi connectivity index (χ1) is 18.0. The van der Waals surface area contributed by atoms with Crippen LogP contribution >= 0.6 is 0 Å². The Morgan fingerprint density at radius 3 is 2.29 bits per heavy atom. The van der Waals surface area contributed by atoms with E-state index in [0.29, 0.717) is 28.2 Å². The molecule has 8 nitrogen and oxygen atoms in total. The van der Waals surface area contributed by atoms with Crippen molar-refractivity contribution in [3.63, 3.8) is 0 Å². The molecule has 0 atom stereocenters. The number of aromatic carboxylic acids is 1. The van der Waals surface area contributed by atoms with Crippen molar-refractivity contribution in [2.45, 2.75) is 33.1 Å². The van der Waals surface area contributed by atoms with E-state index < -0.39 is 11.5 Å². The molecule has 0 fully saturated rings. The van der Waals surface area contributed by atoms with Gasteiger partial charge in [-0.3, -0.25) is 9.59 Å². The number of nitrogens with one attached hydrogen (secondary N) is 2. The van der Waals surface area contributed by atoms with Crippen molar-refractivity contribution >= 4 is 29.1 Å². The summed E-state index contributed by atoms with van der Waals surface area (Å²) < 4.78 is 1.45. The lowest BCUT2D eigenvalue weighted by Gasteiger charge is -2.19. The van der Waals surface area contributed by atoms with Gasteiger partial charge in [-0.05, 0) is 54.3 Å². The van der Waals surface area contributed by atoms with Crippen LogP contribution in [0.1, 0.15) is 52.7 Å². The number of carboxylic acid groups (broad SMARTS) is 1. The van der Waals surface area contributed by atoms with Crippen molar-refractivity contribution in [3.8, 4) is 11.3 Å². The summed E-state index contributed by atoms with van der Waals surface area (Å²) in [5, 5.41) is 15.3. The van der Waals surface area contributed by atoms with Crippen molar-refractivity contribution in [1.29, 1.82) is 0 Å². The highest BCUT2D eigenvalue weighted by Gasteiger charge is 2.17. The first-order valence-corrected chi connectivity index (χ1v) is 12.1. The quantitative estimate of drug-likeness (QED) is 0.305. The van der Waals surface area contributed by atoms with Gasteiger partial charge in [0.15, 0.2) is 5.82 Å². The number of carbonyl (C=O) groups is 2. The molecule has 8 heteroatoms. The van der Waals surface area contributed by atoms with Gasteiger partial charge in [0, 0.05) is 29.6 Å². The highest BCUT2D eigenvalue weighted by atomic mass is 16.4. The summed E-state index contributed by atoms with van der Waals surface area (Å²) in [5.74, 6) is -1.36. The molecule has 0 spiro atoms. The lowest BCUT2D eigenvalue weighted by molar-refractivity contribution is 0.0697. The minimum atomic E-state index is -1.12. The third-order valence-corrected chi connectivity index (χ3v) is 6.39. The number of nitrogens with zero attached hydrogens (tertiary/aromatic N) is 2. The second kappa shape index (κ2) is 10.3. The van der Waals surface area contributed by atoms with Gasteiger partial charge in [-0.15, -0.1) is 0 Å². The topological polar surface area (TPSA) is 113 Å². The van der Waals surface area contributed by atoms with Gasteiger partial charge in [-0.1, -0.05) is 57.2 Å². The molecule has 1 amide bonds. The van der Waals surface area contributed by atoms with Crippen molar-refractivity contribution in [2.75, 3.05) is 10.6 Å². The molecular weight excluding hydrogens is 480 g/mol. The minimum absolute atomic E-state index is 0.00447. The van der Waals surface area contributed by atoms with Gasteiger partial charge in [0.25, 0.3) is 11.5 Å². The summed E-state index contributed by atoms with van der Waals surface area (Å²) >= 11 is 0. The van der Waals surface area contributed by atoms with Gasteiger partial charge in [-0.25, -0.2) is 9.78 Å². The SMILES string of the molecule is Cc1c(-c2cccc(NC(=O)c3ccc(C(C)(C)C)cc3)c2)nc(Nc2ccccc2C(=O)O)c(=O)n1C. The molecule has 4 rings (SSSR count). The van der Waals surface area contributed by atoms with Crippen LogP contribution in [0.4, 0.5) is 17.2 Å². The predicted octanol–water partition coefficient (Wildman–Crippen LogP) is 5.75. The molecule has 3 aromatic carbocycles. The van der Waals surface area contributed by atoms with E-state index in [-0.39, 0.29) is 28.4 Å². The van der Waals surface area contributed by atoms with E-state index >= 15 is 0 Å². The van der Waals surface area contributed by atoms with Crippen LogP contribution in [0.25, 0.3) is 11.3 Å². The molecule has 0 saturated carbocycles. The molecule has 3 N–H and O–H groups in total. The first-order valence-electron chi connectivity index (χ1n) is 12.1. The van der Waals surface area contributed by atoms with Gasteiger partial charge >= 0.3 is 5.97 Å². The monoisotopic (exact) mass is 510 g/mol. The minimum Gasteiger partial charge on any atom is -0.478 e. The number of anilines is 3. The van der Waals surface area contributed by atoms with Crippen LogP contribution in [0.3, 0.4) is 0 Å². The average molecular weight is 511 g/mol. The van der Waals surface area contributed by atoms with Crippen LogP contribution in [-0.2, 0) is 12.5 Å². The summed E-state index contributed by atoms with van der Waals surface area (Å²) in [4.78, 5) is 42.0. The molecule has 0 radical (unpaired) electrons. The lowest BCUT2D eigenvalue weighted by Crippen LogP contribution is -2.24. The summed E-state index contributed by atoms with van der Waals surface area (Å²) in [6, 6.07) is 21.1. The number of benzene rings is 3. The Morgan fingerprint density at radius 1 is 0.947 bits per heavy atom. The van der Waals surface area contributed by atoms with Crippen molar-refractivity contribution in [3.05, 3.63) is 106 Å². The zero-order valence-corrected chi connectivity index (χ0v) is 22.0. The molecule has 0 aliphatic rings. The van der Waals surface area contributed by atoms with Gasteiger partial charge in [0.1, 0.15) is 0 Å². The van der Waals surface area contributed by atoms with Crippen molar-refractivity contribution in [2.24, 2.45) is 7.05 Å². The third-order valence-electron chi connectivity index (χ3n) is 6.39. The molecule has 4 aromatic rings. The van der Waals surface area contributed by atoms with E-state index in [0.717, 1.165) is 5.56 Å². The van der Waals surface area contributed by atoms with Gasteiger partial charge in [0.05, 0.1) is 16.9 Å². The zero-order chi connectivity index (χ0) is 27.6. The van der Waals surface area contributed by atoms with Crippen molar-refractivity contribution < 1.29 is 14.7 Å². The maximum absolute atomic E-state index is 12.9. The molecule has 1 aromatic heterocycles. The number of carboxylic acids is 1. The van der Waals surface area contributed by atoms with Crippen LogP contribution < -0.4 is 16.2 Å². The summed E-state index contributed by atoms with van der Waals surface area (Å²) in [6.07, 6.45) is 0. The standard InChI is InChI=1S/C30H30N4O4/c1-18-25(33-26(28(36)34(18)5)32-24-12-7-6-11-23(24)29(37)38)20-9-8-10-22(17-20)31-27(35)19-13-15-21(16-14-19)30(2,3)4/h6-17H,1-5H3,(H,31,35)(H,32,33)(H,37,38). The van der Waals surface area contributed by atoms with Crippen LogP contribution in [0.15, 0.2) is 77.6 Å². The summed E-state index contributed by atoms with van der Waals surface area (Å²) in [7, 11) is 1.63. The van der Waals surface area contributed by atoms with Crippen LogP contribution in [-0.4, -0.2) is 26.5 Å². The maximum Gasteiger partial charge on any atom is 0.337 e. The summed E-state index contributed by atoms with van der Waals surface area (Å²) in [5.41, 5.74) is 3.98. The molecule has 0 saturated heterocycles. The average Bonchev–Trinajstić information content (AvgIpc) is 2.89. The fraction of sp³-hybridized carbons (Fsp3) is 0.200. The van der Waals surface area contributed by atoms with E-state index in [4.69, 9.17) is 0 Å².